The fraction of sp³-hybridized carbons (Fsp3) is 0.400. The fourth-order valence-corrected chi connectivity index (χ4v) is 1.24. The van der Waals surface area contributed by atoms with Crippen LogP contribution in [0.2, 0.25) is 0 Å². The summed E-state index contributed by atoms with van der Waals surface area (Å²) in [5, 5.41) is 18.2. The molecule has 0 saturated carbocycles. The zero-order valence-corrected chi connectivity index (χ0v) is 7.96. The smallest absolute Gasteiger partial charge is 0.163 e. The molecular weight excluding hydrogens is 187 g/mol. The number of aromatic hydroxyl groups is 1. The minimum atomic E-state index is -0.451. The first-order valence-electron chi connectivity index (χ1n) is 4.35. The number of hydrogen-bond donors (Lipinski definition) is 2. The average Bonchev–Trinajstić information content (AvgIpc) is 2.18. The van der Waals surface area contributed by atoms with E-state index in [2.05, 4.69) is 0 Å². The predicted octanol–water partition coefficient (Wildman–Crippen LogP) is 1.46. The van der Waals surface area contributed by atoms with E-state index in [9.17, 15) is 9.50 Å². The number of methoxy groups -OCH3 is 1. The second-order valence-corrected chi connectivity index (χ2v) is 2.94. The van der Waals surface area contributed by atoms with Crippen LogP contribution in [0.5, 0.6) is 11.5 Å². The van der Waals surface area contributed by atoms with Gasteiger partial charge >= 0.3 is 0 Å². The summed E-state index contributed by atoms with van der Waals surface area (Å²) in [6.07, 6.45) is 0.913. The van der Waals surface area contributed by atoms with Crippen molar-refractivity contribution in [1.82, 2.24) is 0 Å². The van der Waals surface area contributed by atoms with E-state index in [4.69, 9.17) is 9.84 Å². The van der Waals surface area contributed by atoms with Crippen LogP contribution in [0.25, 0.3) is 0 Å². The minimum absolute atomic E-state index is 0.0122. The van der Waals surface area contributed by atoms with E-state index in [1.807, 2.05) is 0 Å². The van der Waals surface area contributed by atoms with Gasteiger partial charge < -0.3 is 14.9 Å². The van der Waals surface area contributed by atoms with Crippen molar-refractivity contribution in [2.45, 2.75) is 12.8 Å². The summed E-state index contributed by atoms with van der Waals surface area (Å²) < 4.78 is 17.8. The van der Waals surface area contributed by atoms with Crippen molar-refractivity contribution in [3.63, 3.8) is 0 Å². The predicted molar refractivity (Wildman–Crippen MR) is 50.0 cm³/mol. The Bertz CT molecular complexity index is 312. The molecule has 1 aromatic rings. The zero-order chi connectivity index (χ0) is 10.6. The number of phenolic OH excluding ortho intramolecular Hbond substituents is 1. The van der Waals surface area contributed by atoms with Gasteiger partial charge in [0.2, 0.25) is 0 Å². The Morgan fingerprint density at radius 2 is 2.14 bits per heavy atom. The molecule has 0 spiro atoms. The Labute approximate surface area is 81.8 Å². The van der Waals surface area contributed by atoms with Crippen LogP contribution in [0.4, 0.5) is 4.39 Å². The van der Waals surface area contributed by atoms with E-state index in [1.165, 1.54) is 13.2 Å². The summed E-state index contributed by atoms with van der Waals surface area (Å²) in [6.45, 7) is 0.0122. The lowest BCUT2D eigenvalue weighted by Gasteiger charge is -2.08. The van der Waals surface area contributed by atoms with Gasteiger partial charge in [0.1, 0.15) is 5.82 Å². The number of phenols is 1. The number of rotatable bonds is 4. The maximum atomic E-state index is 13.0. The van der Waals surface area contributed by atoms with Gasteiger partial charge in [0, 0.05) is 18.2 Å². The summed E-state index contributed by atoms with van der Waals surface area (Å²) in [5.74, 6) is -0.382. The molecule has 78 valence electrons. The van der Waals surface area contributed by atoms with Crippen molar-refractivity contribution in [2.75, 3.05) is 13.7 Å². The normalized spacial score (nSPS) is 10.2. The van der Waals surface area contributed by atoms with Gasteiger partial charge in [-0.05, 0) is 18.9 Å². The molecule has 0 aliphatic heterocycles. The van der Waals surface area contributed by atoms with Crippen LogP contribution in [-0.2, 0) is 6.42 Å². The van der Waals surface area contributed by atoms with Crippen LogP contribution < -0.4 is 4.74 Å². The maximum absolute atomic E-state index is 13.0. The van der Waals surface area contributed by atoms with E-state index in [0.29, 0.717) is 18.4 Å². The Kier molecular flexibility index (Phi) is 3.71. The third-order valence-electron chi connectivity index (χ3n) is 1.94. The Morgan fingerprint density at radius 1 is 1.43 bits per heavy atom. The number of ether oxygens (including phenoxy) is 1. The highest BCUT2D eigenvalue weighted by Crippen LogP contribution is 2.31. The molecule has 0 aromatic heterocycles. The Hall–Kier alpha value is -1.29. The van der Waals surface area contributed by atoms with Gasteiger partial charge in [0.05, 0.1) is 7.11 Å². The number of aryl methyl sites for hydroxylation is 1. The lowest BCUT2D eigenvalue weighted by Crippen LogP contribution is -1.94. The van der Waals surface area contributed by atoms with Gasteiger partial charge in [-0.15, -0.1) is 0 Å². The lowest BCUT2D eigenvalue weighted by atomic mass is 10.1. The molecule has 1 aromatic carbocycles. The molecule has 0 aliphatic carbocycles. The van der Waals surface area contributed by atoms with Gasteiger partial charge in [-0.1, -0.05) is 0 Å². The highest BCUT2D eigenvalue weighted by Gasteiger charge is 2.09. The van der Waals surface area contributed by atoms with Crippen LogP contribution in [-0.4, -0.2) is 23.9 Å². The fourth-order valence-electron chi connectivity index (χ4n) is 1.24. The Balaban J connectivity index is 2.96. The van der Waals surface area contributed by atoms with Crippen LogP contribution in [0.15, 0.2) is 12.1 Å². The monoisotopic (exact) mass is 200 g/mol. The molecule has 0 aliphatic rings. The molecule has 1 rings (SSSR count). The van der Waals surface area contributed by atoms with Crippen LogP contribution >= 0.6 is 0 Å². The zero-order valence-electron chi connectivity index (χ0n) is 7.96. The summed E-state index contributed by atoms with van der Waals surface area (Å²) in [4.78, 5) is 0. The molecule has 14 heavy (non-hydrogen) atoms. The van der Waals surface area contributed by atoms with Crippen molar-refractivity contribution >= 4 is 0 Å². The molecule has 0 atom stereocenters. The molecule has 0 bridgehead atoms. The van der Waals surface area contributed by atoms with Crippen molar-refractivity contribution in [1.29, 1.82) is 0 Å². The molecular formula is C10H13FO3. The van der Waals surface area contributed by atoms with Crippen LogP contribution in [0.1, 0.15) is 12.0 Å². The van der Waals surface area contributed by atoms with Gasteiger partial charge in [0.15, 0.2) is 11.5 Å². The lowest BCUT2D eigenvalue weighted by molar-refractivity contribution is 0.287. The SMILES string of the molecule is COc1cc(F)cc(CCCO)c1O. The van der Waals surface area contributed by atoms with Gasteiger partial charge in [-0.3, -0.25) is 0 Å². The number of benzene rings is 1. The molecule has 0 radical (unpaired) electrons. The summed E-state index contributed by atoms with van der Waals surface area (Å²) in [7, 11) is 1.37. The number of aliphatic hydroxyl groups is 1. The highest BCUT2D eigenvalue weighted by molar-refractivity contribution is 5.45. The van der Waals surface area contributed by atoms with Crippen molar-refractivity contribution < 1.29 is 19.3 Å². The summed E-state index contributed by atoms with van der Waals surface area (Å²) in [6, 6.07) is 2.37. The van der Waals surface area contributed by atoms with Gasteiger partial charge in [-0.25, -0.2) is 4.39 Å². The van der Waals surface area contributed by atoms with Gasteiger partial charge in [0.25, 0.3) is 0 Å². The van der Waals surface area contributed by atoms with Crippen LogP contribution in [0, 0.1) is 5.82 Å². The third kappa shape index (κ3) is 2.35. The van der Waals surface area contributed by atoms with E-state index < -0.39 is 5.82 Å². The number of aliphatic hydroxyl groups excluding tert-OH is 1. The molecule has 4 heteroatoms. The number of hydrogen-bond acceptors (Lipinski definition) is 3. The molecule has 0 heterocycles. The van der Waals surface area contributed by atoms with Crippen molar-refractivity contribution in [3.05, 3.63) is 23.5 Å². The molecule has 0 fully saturated rings. The first-order valence-corrected chi connectivity index (χ1v) is 4.35. The second kappa shape index (κ2) is 4.81. The first-order chi connectivity index (χ1) is 6.69. The topological polar surface area (TPSA) is 49.7 Å². The average molecular weight is 200 g/mol. The van der Waals surface area contributed by atoms with E-state index in [1.54, 1.807) is 0 Å². The quantitative estimate of drug-likeness (QED) is 0.773. The van der Waals surface area contributed by atoms with E-state index in [-0.39, 0.29) is 18.1 Å². The van der Waals surface area contributed by atoms with Crippen molar-refractivity contribution in [3.8, 4) is 11.5 Å². The Morgan fingerprint density at radius 3 is 2.71 bits per heavy atom. The molecule has 3 nitrogen and oxygen atoms in total. The third-order valence-corrected chi connectivity index (χ3v) is 1.94. The standard InChI is InChI=1S/C10H13FO3/c1-14-9-6-8(11)5-7(10(9)13)3-2-4-12/h5-6,12-13H,2-4H2,1H3. The van der Waals surface area contributed by atoms with Crippen LogP contribution in [0.3, 0.4) is 0 Å². The number of halogens is 1. The molecule has 2 N–H and O–H groups in total. The maximum Gasteiger partial charge on any atom is 0.163 e. The van der Waals surface area contributed by atoms with Crippen molar-refractivity contribution in [2.24, 2.45) is 0 Å². The van der Waals surface area contributed by atoms with E-state index >= 15 is 0 Å². The highest BCUT2D eigenvalue weighted by atomic mass is 19.1. The minimum Gasteiger partial charge on any atom is -0.504 e. The first kappa shape index (κ1) is 10.8. The van der Waals surface area contributed by atoms with E-state index in [0.717, 1.165) is 6.07 Å². The largest absolute Gasteiger partial charge is 0.504 e. The molecule has 0 amide bonds. The van der Waals surface area contributed by atoms with Gasteiger partial charge in [-0.2, -0.15) is 0 Å². The molecule has 0 unspecified atom stereocenters. The second-order valence-electron chi connectivity index (χ2n) is 2.94. The summed E-state index contributed by atoms with van der Waals surface area (Å²) >= 11 is 0. The molecule has 0 saturated heterocycles. The summed E-state index contributed by atoms with van der Waals surface area (Å²) in [5.41, 5.74) is 0.455.